The Hall–Kier alpha value is -3.84. The van der Waals surface area contributed by atoms with Crippen LogP contribution in [0.1, 0.15) is 22.9 Å². The van der Waals surface area contributed by atoms with Gasteiger partial charge in [-0.15, -0.1) is 0 Å². The van der Waals surface area contributed by atoms with Crippen molar-refractivity contribution in [1.82, 2.24) is 14.5 Å². The number of aromatic nitrogens is 2. The Labute approximate surface area is 222 Å². The molecule has 0 radical (unpaired) electrons. The highest BCUT2D eigenvalue weighted by Gasteiger charge is 2.35. The number of nitrogens with zero attached hydrogens (tertiary/aromatic N) is 5. The number of anilines is 1. The molecule has 1 atom stereocenters. The van der Waals surface area contributed by atoms with Crippen molar-refractivity contribution in [2.75, 3.05) is 31.1 Å². The number of hydrogen-bond acceptors (Lipinski definition) is 6. The topological polar surface area (TPSA) is 85.4 Å². The molecule has 0 spiro atoms. The zero-order chi connectivity index (χ0) is 27.0. The molecule has 1 unspecified atom stereocenters. The zero-order valence-electron chi connectivity index (χ0n) is 20.5. The van der Waals surface area contributed by atoms with Crippen molar-refractivity contribution in [1.29, 1.82) is 5.26 Å². The van der Waals surface area contributed by atoms with Crippen molar-refractivity contribution in [2.24, 2.45) is 7.05 Å². The summed E-state index contributed by atoms with van der Waals surface area (Å²) in [6, 6.07) is 16.7. The number of halogens is 3. The van der Waals surface area contributed by atoms with Crippen molar-refractivity contribution in [3.05, 3.63) is 104 Å². The average Bonchev–Trinajstić information content (AvgIpc) is 2.94. The van der Waals surface area contributed by atoms with E-state index in [0.29, 0.717) is 36.4 Å². The van der Waals surface area contributed by atoms with Crippen LogP contribution in [0, 0.1) is 23.0 Å². The molecule has 194 valence electrons. The Bertz CT molecular complexity index is 1540. The lowest BCUT2D eigenvalue weighted by molar-refractivity contribution is 0.0858. The van der Waals surface area contributed by atoms with Crippen molar-refractivity contribution >= 4 is 28.3 Å². The normalized spacial score (nSPS) is 16.2. The van der Waals surface area contributed by atoms with Gasteiger partial charge in [0.05, 0.1) is 29.9 Å². The molecule has 0 amide bonds. The first-order chi connectivity index (χ1) is 18.3. The van der Waals surface area contributed by atoms with E-state index in [2.05, 4.69) is 9.88 Å². The SMILES string of the molecule is Cn1c(=O)c(Cl)c(N2CCN(C(c3ccc(F)cc3)c3ccc(F)cc3)C(CO)C2)c2nc(C#N)ccc21. The summed E-state index contributed by atoms with van der Waals surface area (Å²) in [5.41, 5.74) is 2.77. The summed E-state index contributed by atoms with van der Waals surface area (Å²) in [5, 5.41) is 19.9. The predicted molar refractivity (Wildman–Crippen MR) is 141 cm³/mol. The fourth-order valence-corrected chi connectivity index (χ4v) is 5.49. The van der Waals surface area contributed by atoms with Gasteiger partial charge in [0.25, 0.3) is 5.56 Å². The number of pyridine rings is 2. The largest absolute Gasteiger partial charge is 0.395 e. The number of rotatable bonds is 5. The summed E-state index contributed by atoms with van der Waals surface area (Å²) in [6.45, 7) is 0.952. The van der Waals surface area contributed by atoms with Crippen LogP contribution in [0.2, 0.25) is 5.02 Å². The molecule has 0 saturated carbocycles. The number of fused-ring (bicyclic) bond motifs is 1. The molecule has 1 saturated heterocycles. The van der Waals surface area contributed by atoms with E-state index >= 15 is 0 Å². The number of hydrogen-bond donors (Lipinski definition) is 1. The minimum atomic E-state index is -0.418. The van der Waals surface area contributed by atoms with Crippen LogP contribution in [-0.2, 0) is 7.05 Å². The van der Waals surface area contributed by atoms with Crippen molar-refractivity contribution in [2.45, 2.75) is 12.1 Å². The van der Waals surface area contributed by atoms with Crippen LogP contribution in [-0.4, -0.2) is 51.8 Å². The summed E-state index contributed by atoms with van der Waals surface area (Å²) >= 11 is 6.57. The second-order valence-corrected chi connectivity index (χ2v) is 9.61. The van der Waals surface area contributed by atoms with Crippen LogP contribution in [0.25, 0.3) is 11.0 Å². The Balaban J connectivity index is 1.57. The lowest BCUT2D eigenvalue weighted by Gasteiger charge is -2.46. The Morgan fingerprint density at radius 2 is 1.66 bits per heavy atom. The van der Waals surface area contributed by atoms with Gasteiger partial charge in [0.15, 0.2) is 0 Å². The number of benzene rings is 2. The molecule has 0 bridgehead atoms. The number of piperazine rings is 1. The predicted octanol–water partition coefficient (Wildman–Crippen LogP) is 4.01. The molecule has 1 N–H and O–H groups in total. The van der Waals surface area contributed by atoms with E-state index < -0.39 is 6.04 Å². The molecule has 0 aliphatic carbocycles. The third kappa shape index (κ3) is 4.63. The molecule has 4 aromatic rings. The highest BCUT2D eigenvalue weighted by molar-refractivity contribution is 6.34. The molecule has 38 heavy (non-hydrogen) atoms. The van der Waals surface area contributed by atoms with Gasteiger partial charge >= 0.3 is 0 Å². The number of aryl methyl sites for hydroxylation is 1. The van der Waals surface area contributed by atoms with E-state index in [1.54, 1.807) is 43.4 Å². The summed E-state index contributed by atoms with van der Waals surface area (Å²) in [5.74, 6) is -0.738. The van der Waals surface area contributed by atoms with Gasteiger partial charge in [-0.05, 0) is 47.5 Å². The average molecular weight is 536 g/mol. The second kappa shape index (κ2) is 10.5. The Kier molecular flexibility index (Phi) is 7.13. The van der Waals surface area contributed by atoms with Crippen molar-refractivity contribution in [3.63, 3.8) is 0 Å². The molecule has 5 rings (SSSR count). The Morgan fingerprint density at radius 1 is 1.05 bits per heavy atom. The molecule has 7 nitrogen and oxygen atoms in total. The summed E-state index contributed by atoms with van der Waals surface area (Å²) in [4.78, 5) is 21.4. The van der Waals surface area contributed by atoms with Crippen LogP contribution in [0.3, 0.4) is 0 Å². The summed E-state index contributed by atoms with van der Waals surface area (Å²) < 4.78 is 28.9. The molecule has 10 heteroatoms. The molecule has 1 aliphatic heterocycles. The third-order valence-electron chi connectivity index (χ3n) is 7.03. The highest BCUT2D eigenvalue weighted by atomic mass is 35.5. The number of aliphatic hydroxyl groups excluding tert-OH is 1. The van der Waals surface area contributed by atoms with E-state index in [1.165, 1.54) is 28.8 Å². The van der Waals surface area contributed by atoms with Gasteiger partial charge in [-0.25, -0.2) is 13.8 Å². The van der Waals surface area contributed by atoms with Gasteiger partial charge in [0.2, 0.25) is 0 Å². The first-order valence-electron chi connectivity index (χ1n) is 12.0. The zero-order valence-corrected chi connectivity index (χ0v) is 21.2. The number of aliphatic hydroxyl groups is 1. The van der Waals surface area contributed by atoms with Gasteiger partial charge in [0, 0.05) is 26.7 Å². The highest BCUT2D eigenvalue weighted by Crippen LogP contribution is 2.36. The maximum absolute atomic E-state index is 13.7. The van der Waals surface area contributed by atoms with E-state index in [0.717, 1.165) is 11.1 Å². The fourth-order valence-electron chi connectivity index (χ4n) is 5.15. The lowest BCUT2D eigenvalue weighted by atomic mass is 9.94. The Morgan fingerprint density at radius 3 is 2.21 bits per heavy atom. The number of nitriles is 1. The smallest absolute Gasteiger partial charge is 0.271 e. The molecular formula is C28H24ClF2N5O2. The maximum atomic E-state index is 13.7. The maximum Gasteiger partial charge on any atom is 0.271 e. The monoisotopic (exact) mass is 535 g/mol. The molecule has 1 fully saturated rings. The molecule has 3 heterocycles. The third-order valence-corrected chi connectivity index (χ3v) is 7.37. The first-order valence-corrected chi connectivity index (χ1v) is 12.4. The first kappa shape index (κ1) is 25.8. The molecule has 2 aromatic heterocycles. The van der Waals surface area contributed by atoms with Crippen LogP contribution in [0.4, 0.5) is 14.5 Å². The van der Waals surface area contributed by atoms with Crippen molar-refractivity contribution < 1.29 is 13.9 Å². The van der Waals surface area contributed by atoms with E-state index in [1.807, 2.05) is 11.0 Å². The summed E-state index contributed by atoms with van der Waals surface area (Å²) in [7, 11) is 1.60. The van der Waals surface area contributed by atoms with Crippen LogP contribution in [0.5, 0.6) is 0 Å². The molecule has 1 aliphatic rings. The van der Waals surface area contributed by atoms with Gasteiger partial charge in [-0.1, -0.05) is 35.9 Å². The van der Waals surface area contributed by atoms with Gasteiger partial charge in [-0.3, -0.25) is 9.69 Å². The lowest BCUT2D eigenvalue weighted by Crippen LogP contribution is -2.56. The van der Waals surface area contributed by atoms with E-state index in [-0.39, 0.29) is 40.6 Å². The van der Waals surface area contributed by atoms with Crippen LogP contribution in [0.15, 0.2) is 65.5 Å². The quantitative estimate of drug-likeness (QED) is 0.416. The van der Waals surface area contributed by atoms with E-state index in [4.69, 9.17) is 11.6 Å². The van der Waals surface area contributed by atoms with Gasteiger partial charge < -0.3 is 14.6 Å². The minimum Gasteiger partial charge on any atom is -0.395 e. The van der Waals surface area contributed by atoms with Crippen LogP contribution >= 0.6 is 11.6 Å². The van der Waals surface area contributed by atoms with Crippen LogP contribution < -0.4 is 10.5 Å². The minimum absolute atomic E-state index is 0.0126. The second-order valence-electron chi connectivity index (χ2n) is 9.23. The van der Waals surface area contributed by atoms with Gasteiger partial charge in [0.1, 0.15) is 33.9 Å². The standard InChI is InChI=1S/C28H24ClF2N5O2/c1-34-23-11-10-21(14-32)33-25(23)27(24(29)28(34)38)35-12-13-36(22(15-35)16-37)26(17-2-6-19(30)7-3-17)18-4-8-20(31)9-5-18/h2-11,22,26,37H,12-13,15-16H2,1H3. The fraction of sp³-hybridized carbons (Fsp3) is 0.250. The molecule has 2 aromatic carbocycles. The van der Waals surface area contributed by atoms with Crippen molar-refractivity contribution in [3.8, 4) is 6.07 Å². The summed E-state index contributed by atoms with van der Waals surface area (Å²) in [6.07, 6.45) is 0. The molecular weight excluding hydrogens is 512 g/mol. The van der Waals surface area contributed by atoms with Gasteiger partial charge in [-0.2, -0.15) is 5.26 Å². The van der Waals surface area contributed by atoms with E-state index in [9.17, 15) is 23.9 Å².